The molecule has 1 aliphatic rings. The number of rotatable bonds is 2. The number of nitrogens with zero attached hydrogens (tertiary/aromatic N) is 4. The van der Waals surface area contributed by atoms with Crippen molar-refractivity contribution in [2.24, 2.45) is 5.84 Å². The minimum atomic E-state index is -4.42. The highest BCUT2D eigenvalue weighted by molar-refractivity contribution is 6.30. The Hall–Kier alpha value is -2.13. The zero-order valence-corrected chi connectivity index (χ0v) is 13.4. The second-order valence-electron chi connectivity index (χ2n) is 5.43. The van der Waals surface area contributed by atoms with Crippen LogP contribution < -0.4 is 16.2 Å². The van der Waals surface area contributed by atoms with E-state index in [4.69, 9.17) is 17.4 Å². The number of hydrogen-bond acceptors (Lipinski definition) is 6. The molecule has 0 radical (unpaired) electrons. The Labute approximate surface area is 140 Å². The van der Waals surface area contributed by atoms with E-state index >= 15 is 0 Å². The molecule has 0 unspecified atom stereocenters. The van der Waals surface area contributed by atoms with Crippen LogP contribution in [0.5, 0.6) is 0 Å². The molecule has 3 rings (SSSR count). The molecular formula is C14H14ClF3N6. The van der Waals surface area contributed by atoms with E-state index < -0.39 is 11.7 Å². The highest BCUT2D eigenvalue weighted by Crippen LogP contribution is 2.33. The molecule has 0 saturated heterocycles. The predicted octanol–water partition coefficient (Wildman–Crippen LogP) is 2.70. The van der Waals surface area contributed by atoms with Gasteiger partial charge in [0.1, 0.15) is 11.0 Å². The van der Waals surface area contributed by atoms with Gasteiger partial charge in [-0.25, -0.2) is 5.84 Å². The lowest BCUT2D eigenvalue weighted by Crippen LogP contribution is -2.33. The van der Waals surface area contributed by atoms with E-state index in [1.807, 2.05) is 4.90 Å². The standard InChI is InChI=1S/C14H14ClF3N6/c1-7-11(15)21-13(23-19)22-12(7)24-3-2-10-8(6-24)4-9(5-20-10)14(16,17)18/h4-5H,2-3,6,19H2,1H3,(H,21,22,23). The normalized spacial score (nSPS) is 14.5. The number of hydrazine groups is 1. The summed E-state index contributed by atoms with van der Waals surface area (Å²) in [5.74, 6) is 6.00. The third-order valence-electron chi connectivity index (χ3n) is 3.86. The molecule has 0 aliphatic carbocycles. The lowest BCUT2D eigenvalue weighted by atomic mass is 10.0. The van der Waals surface area contributed by atoms with Crippen molar-refractivity contribution in [3.8, 4) is 0 Å². The molecule has 2 aromatic heterocycles. The average molecular weight is 359 g/mol. The Kier molecular flexibility index (Phi) is 4.22. The van der Waals surface area contributed by atoms with Crippen molar-refractivity contribution in [3.63, 3.8) is 0 Å². The third-order valence-corrected chi connectivity index (χ3v) is 4.22. The number of fused-ring (bicyclic) bond motifs is 1. The van der Waals surface area contributed by atoms with E-state index in [1.54, 1.807) is 6.92 Å². The first kappa shape index (κ1) is 16.7. The molecule has 6 nitrogen and oxygen atoms in total. The van der Waals surface area contributed by atoms with E-state index in [0.717, 1.165) is 12.3 Å². The number of anilines is 2. The molecule has 3 N–H and O–H groups in total. The van der Waals surface area contributed by atoms with Crippen molar-refractivity contribution in [1.29, 1.82) is 0 Å². The second kappa shape index (κ2) is 6.06. The Morgan fingerprint density at radius 1 is 1.33 bits per heavy atom. The van der Waals surface area contributed by atoms with Crippen LogP contribution in [0.25, 0.3) is 0 Å². The molecule has 0 fully saturated rings. The van der Waals surface area contributed by atoms with Crippen molar-refractivity contribution < 1.29 is 13.2 Å². The number of nitrogen functional groups attached to an aromatic ring is 1. The van der Waals surface area contributed by atoms with Gasteiger partial charge in [0.2, 0.25) is 5.95 Å². The molecule has 0 bridgehead atoms. The van der Waals surface area contributed by atoms with E-state index in [1.165, 1.54) is 0 Å². The molecule has 0 amide bonds. The van der Waals surface area contributed by atoms with Crippen molar-refractivity contribution in [3.05, 3.63) is 39.8 Å². The minimum absolute atomic E-state index is 0.147. The van der Waals surface area contributed by atoms with E-state index in [0.29, 0.717) is 35.6 Å². The number of alkyl halides is 3. The van der Waals surface area contributed by atoms with Crippen LogP contribution in [-0.2, 0) is 19.1 Å². The van der Waals surface area contributed by atoms with Gasteiger partial charge in [0.15, 0.2) is 0 Å². The maximum absolute atomic E-state index is 12.9. The largest absolute Gasteiger partial charge is 0.417 e. The van der Waals surface area contributed by atoms with E-state index in [-0.39, 0.29) is 17.6 Å². The van der Waals surface area contributed by atoms with Gasteiger partial charge >= 0.3 is 6.18 Å². The van der Waals surface area contributed by atoms with Crippen LogP contribution in [0.2, 0.25) is 5.15 Å². The maximum atomic E-state index is 12.9. The maximum Gasteiger partial charge on any atom is 0.417 e. The van der Waals surface area contributed by atoms with Crippen LogP contribution in [0.4, 0.5) is 24.9 Å². The van der Waals surface area contributed by atoms with Crippen LogP contribution in [0.1, 0.15) is 22.4 Å². The van der Waals surface area contributed by atoms with Crippen LogP contribution in [0.15, 0.2) is 12.3 Å². The lowest BCUT2D eigenvalue weighted by Gasteiger charge is -2.30. The SMILES string of the molecule is Cc1c(Cl)nc(NN)nc1N1CCc2ncc(C(F)(F)F)cc2C1. The lowest BCUT2D eigenvalue weighted by molar-refractivity contribution is -0.137. The van der Waals surface area contributed by atoms with E-state index in [9.17, 15) is 13.2 Å². The first-order valence-corrected chi connectivity index (χ1v) is 7.48. The summed E-state index contributed by atoms with van der Waals surface area (Å²) in [4.78, 5) is 14.0. The van der Waals surface area contributed by atoms with Crippen LogP contribution in [0.3, 0.4) is 0 Å². The first-order valence-electron chi connectivity index (χ1n) is 7.10. The molecule has 0 saturated carbocycles. The Morgan fingerprint density at radius 2 is 2.08 bits per heavy atom. The smallest absolute Gasteiger partial charge is 0.351 e. The highest BCUT2D eigenvalue weighted by Gasteiger charge is 2.32. The molecule has 10 heteroatoms. The average Bonchev–Trinajstić information content (AvgIpc) is 2.55. The van der Waals surface area contributed by atoms with Gasteiger partial charge in [0.25, 0.3) is 0 Å². The fraction of sp³-hybridized carbons (Fsp3) is 0.357. The monoisotopic (exact) mass is 358 g/mol. The number of aromatic nitrogens is 3. The first-order chi connectivity index (χ1) is 11.3. The molecule has 1 aliphatic heterocycles. The minimum Gasteiger partial charge on any atom is -0.351 e. The van der Waals surface area contributed by atoms with Crippen LogP contribution >= 0.6 is 11.6 Å². The van der Waals surface area contributed by atoms with Gasteiger partial charge in [-0.05, 0) is 18.6 Å². The Bertz CT molecular complexity index is 780. The number of pyridine rings is 1. The zero-order chi connectivity index (χ0) is 17.5. The summed E-state index contributed by atoms with van der Waals surface area (Å²) < 4.78 is 38.6. The molecule has 0 spiro atoms. The van der Waals surface area contributed by atoms with Gasteiger partial charge in [-0.2, -0.15) is 23.1 Å². The molecular weight excluding hydrogens is 345 g/mol. The van der Waals surface area contributed by atoms with Gasteiger partial charge in [0, 0.05) is 37.0 Å². The number of nitrogens with one attached hydrogen (secondary N) is 1. The molecule has 0 atom stereocenters. The molecule has 2 aromatic rings. The van der Waals surface area contributed by atoms with Gasteiger partial charge < -0.3 is 4.90 Å². The summed E-state index contributed by atoms with van der Waals surface area (Å²) in [6.07, 6.45) is -3.03. The summed E-state index contributed by atoms with van der Waals surface area (Å²) >= 11 is 6.07. The predicted molar refractivity (Wildman–Crippen MR) is 83.6 cm³/mol. The fourth-order valence-corrected chi connectivity index (χ4v) is 2.78. The van der Waals surface area contributed by atoms with E-state index in [2.05, 4.69) is 20.4 Å². The summed E-state index contributed by atoms with van der Waals surface area (Å²) in [6.45, 7) is 2.56. The van der Waals surface area contributed by atoms with Gasteiger partial charge in [-0.15, -0.1) is 0 Å². The fourth-order valence-electron chi connectivity index (χ4n) is 2.61. The third kappa shape index (κ3) is 3.09. The van der Waals surface area contributed by atoms with Crippen molar-refractivity contribution in [1.82, 2.24) is 15.0 Å². The second-order valence-corrected chi connectivity index (χ2v) is 5.79. The van der Waals surface area contributed by atoms with Gasteiger partial charge in [0.05, 0.1) is 5.56 Å². The van der Waals surface area contributed by atoms with Crippen LogP contribution in [0, 0.1) is 6.92 Å². The Morgan fingerprint density at radius 3 is 2.75 bits per heavy atom. The summed E-state index contributed by atoms with van der Waals surface area (Å²) in [5.41, 5.74) is 3.39. The Balaban J connectivity index is 1.96. The topological polar surface area (TPSA) is 80.0 Å². The number of halogens is 4. The van der Waals surface area contributed by atoms with Crippen LogP contribution in [-0.4, -0.2) is 21.5 Å². The van der Waals surface area contributed by atoms with Gasteiger partial charge in [-0.1, -0.05) is 11.6 Å². The summed E-state index contributed by atoms with van der Waals surface area (Å²) in [6, 6.07) is 1.13. The summed E-state index contributed by atoms with van der Waals surface area (Å²) in [7, 11) is 0. The highest BCUT2D eigenvalue weighted by atomic mass is 35.5. The molecule has 24 heavy (non-hydrogen) atoms. The van der Waals surface area contributed by atoms with Crippen molar-refractivity contribution >= 4 is 23.4 Å². The molecule has 3 heterocycles. The number of nitrogens with two attached hydrogens (primary N) is 1. The van der Waals surface area contributed by atoms with Crippen molar-refractivity contribution in [2.45, 2.75) is 26.1 Å². The quantitative estimate of drug-likeness (QED) is 0.488. The van der Waals surface area contributed by atoms with Gasteiger partial charge in [-0.3, -0.25) is 10.4 Å². The number of hydrogen-bond donors (Lipinski definition) is 2. The summed E-state index contributed by atoms with van der Waals surface area (Å²) in [5, 5.41) is 0.237. The molecule has 128 valence electrons. The zero-order valence-electron chi connectivity index (χ0n) is 12.7. The van der Waals surface area contributed by atoms with Crippen molar-refractivity contribution in [2.75, 3.05) is 16.9 Å². The molecule has 0 aromatic carbocycles.